The van der Waals surface area contributed by atoms with Crippen LogP contribution in [0.1, 0.15) is 22.7 Å². The van der Waals surface area contributed by atoms with E-state index in [2.05, 4.69) is 10.3 Å². The van der Waals surface area contributed by atoms with Gasteiger partial charge in [-0.15, -0.1) is 0 Å². The molecule has 0 atom stereocenters. The number of carboxylic acid groups (broad SMARTS) is 1. The lowest BCUT2D eigenvalue weighted by Crippen LogP contribution is -2.27. The van der Waals surface area contributed by atoms with Crippen LogP contribution >= 0.6 is 0 Å². The molecular weight excluding hydrogens is 279 g/mol. The lowest BCUT2D eigenvalue weighted by Gasteiger charge is -2.00. The van der Waals surface area contributed by atoms with Gasteiger partial charge in [-0.2, -0.15) is 0 Å². The minimum absolute atomic E-state index is 0.0621. The van der Waals surface area contributed by atoms with Crippen LogP contribution in [0.4, 0.5) is 4.39 Å². The molecule has 0 unspecified atom stereocenters. The first-order valence-corrected chi connectivity index (χ1v) is 6.23. The Morgan fingerprint density at radius 1 is 1.29 bits per heavy atom. The Labute approximate surface area is 119 Å². The molecule has 0 saturated heterocycles. The van der Waals surface area contributed by atoms with Crippen LogP contribution < -0.4 is 5.32 Å². The highest BCUT2D eigenvalue weighted by atomic mass is 19.1. The van der Waals surface area contributed by atoms with Crippen molar-refractivity contribution in [3.05, 3.63) is 41.8 Å². The van der Waals surface area contributed by atoms with E-state index in [0.29, 0.717) is 5.56 Å². The summed E-state index contributed by atoms with van der Waals surface area (Å²) in [6.45, 7) is -1.03. The summed E-state index contributed by atoms with van der Waals surface area (Å²) < 4.78 is 18.2. The van der Waals surface area contributed by atoms with E-state index in [4.69, 9.17) is 9.52 Å². The van der Waals surface area contributed by atoms with E-state index >= 15 is 0 Å². The van der Waals surface area contributed by atoms with Gasteiger partial charge in [0.05, 0.1) is 6.42 Å². The van der Waals surface area contributed by atoms with Gasteiger partial charge in [0.25, 0.3) is 5.91 Å². The number of oxazole rings is 1. The van der Waals surface area contributed by atoms with E-state index in [-0.39, 0.29) is 30.3 Å². The topological polar surface area (TPSA) is 92.4 Å². The van der Waals surface area contributed by atoms with Crippen molar-refractivity contribution in [2.45, 2.75) is 13.1 Å². The lowest BCUT2D eigenvalue weighted by molar-refractivity contribution is -0.136. The predicted octanol–water partition coefficient (Wildman–Crippen LogP) is 2.02. The molecule has 0 fully saturated rings. The number of carbonyl (C=O) groups is 2. The average molecular weight is 292 g/mol. The van der Waals surface area contributed by atoms with Crippen molar-refractivity contribution < 1.29 is 23.5 Å². The molecule has 0 bridgehead atoms. The number of halogens is 1. The number of rotatable bonds is 6. The van der Waals surface area contributed by atoms with Gasteiger partial charge in [0.2, 0.25) is 5.89 Å². The number of carbonyl (C=O) groups excluding carboxylic acids is 1. The number of nitrogens with one attached hydrogen (secondary N) is 1. The molecule has 110 valence electrons. The Morgan fingerprint density at radius 2 is 2.00 bits per heavy atom. The Balaban J connectivity index is 2.17. The molecule has 21 heavy (non-hydrogen) atoms. The van der Waals surface area contributed by atoms with E-state index in [1.54, 1.807) is 24.3 Å². The van der Waals surface area contributed by atoms with Crippen molar-refractivity contribution in [2.24, 2.45) is 0 Å². The number of hydrogen-bond acceptors (Lipinski definition) is 4. The summed E-state index contributed by atoms with van der Waals surface area (Å²) in [4.78, 5) is 26.2. The van der Waals surface area contributed by atoms with E-state index in [1.807, 2.05) is 6.07 Å². The van der Waals surface area contributed by atoms with Gasteiger partial charge < -0.3 is 14.8 Å². The third-order valence-corrected chi connectivity index (χ3v) is 2.68. The summed E-state index contributed by atoms with van der Waals surface area (Å²) in [5.41, 5.74) is 0.457. The van der Waals surface area contributed by atoms with Crippen LogP contribution in [0.2, 0.25) is 0 Å². The molecule has 0 spiro atoms. The summed E-state index contributed by atoms with van der Waals surface area (Å²) in [6.07, 6.45) is -0.222. The second-order valence-electron chi connectivity index (χ2n) is 4.19. The van der Waals surface area contributed by atoms with Crippen LogP contribution in [0.15, 0.2) is 34.7 Å². The van der Waals surface area contributed by atoms with Gasteiger partial charge in [0, 0.05) is 12.1 Å². The molecule has 2 rings (SSSR count). The zero-order valence-electron chi connectivity index (χ0n) is 11.0. The Morgan fingerprint density at radius 3 is 2.62 bits per heavy atom. The molecule has 1 aromatic carbocycles. The SMILES string of the molecule is O=C(O)CCNC(=O)c1nc(-c2ccccc2)oc1CF. The molecule has 0 aliphatic heterocycles. The molecule has 1 aromatic heterocycles. The van der Waals surface area contributed by atoms with Crippen LogP contribution in [-0.4, -0.2) is 28.5 Å². The molecule has 7 heteroatoms. The Kier molecular flexibility index (Phi) is 4.65. The first-order chi connectivity index (χ1) is 10.1. The number of carboxylic acids is 1. The maximum Gasteiger partial charge on any atom is 0.305 e. The van der Waals surface area contributed by atoms with Crippen molar-refractivity contribution in [2.75, 3.05) is 6.54 Å². The first kappa shape index (κ1) is 14.7. The van der Waals surface area contributed by atoms with Gasteiger partial charge >= 0.3 is 5.97 Å². The van der Waals surface area contributed by atoms with Gasteiger partial charge in [-0.25, -0.2) is 9.37 Å². The molecule has 0 radical (unpaired) electrons. The summed E-state index contributed by atoms with van der Waals surface area (Å²) in [6, 6.07) is 8.78. The number of amides is 1. The van der Waals surface area contributed by atoms with Crippen LogP contribution in [0.25, 0.3) is 11.5 Å². The first-order valence-electron chi connectivity index (χ1n) is 6.23. The minimum atomic E-state index is -1.04. The van der Waals surface area contributed by atoms with Crippen molar-refractivity contribution >= 4 is 11.9 Å². The van der Waals surface area contributed by atoms with Gasteiger partial charge in [0.1, 0.15) is 6.67 Å². The molecule has 0 aliphatic rings. The number of benzene rings is 1. The van der Waals surface area contributed by atoms with E-state index in [1.165, 1.54) is 0 Å². The summed E-state index contributed by atoms with van der Waals surface area (Å²) in [5.74, 6) is -1.73. The highest BCUT2D eigenvalue weighted by molar-refractivity contribution is 5.93. The average Bonchev–Trinajstić information content (AvgIpc) is 2.92. The van der Waals surface area contributed by atoms with Crippen LogP contribution in [-0.2, 0) is 11.5 Å². The molecule has 2 N–H and O–H groups in total. The number of aromatic nitrogens is 1. The van der Waals surface area contributed by atoms with Crippen molar-refractivity contribution in [1.82, 2.24) is 10.3 Å². The number of nitrogens with zero attached hydrogens (tertiary/aromatic N) is 1. The largest absolute Gasteiger partial charge is 0.481 e. The zero-order valence-corrected chi connectivity index (χ0v) is 11.0. The van der Waals surface area contributed by atoms with Gasteiger partial charge in [-0.3, -0.25) is 9.59 Å². The van der Waals surface area contributed by atoms with E-state index in [9.17, 15) is 14.0 Å². The molecule has 1 amide bonds. The zero-order chi connectivity index (χ0) is 15.2. The fraction of sp³-hybridized carbons (Fsp3) is 0.214. The molecule has 0 aliphatic carbocycles. The monoisotopic (exact) mass is 292 g/mol. The summed E-state index contributed by atoms with van der Waals surface area (Å²) >= 11 is 0. The number of hydrogen-bond donors (Lipinski definition) is 2. The minimum Gasteiger partial charge on any atom is -0.481 e. The summed E-state index contributed by atoms with van der Waals surface area (Å²) in [5, 5.41) is 10.9. The van der Waals surface area contributed by atoms with Crippen molar-refractivity contribution in [1.29, 1.82) is 0 Å². The lowest BCUT2D eigenvalue weighted by atomic mass is 10.2. The Hall–Kier alpha value is -2.70. The van der Waals surface area contributed by atoms with Crippen LogP contribution in [0.5, 0.6) is 0 Å². The smallest absolute Gasteiger partial charge is 0.305 e. The van der Waals surface area contributed by atoms with Crippen LogP contribution in [0.3, 0.4) is 0 Å². The van der Waals surface area contributed by atoms with Crippen LogP contribution in [0, 0.1) is 0 Å². The second-order valence-corrected chi connectivity index (χ2v) is 4.19. The van der Waals surface area contributed by atoms with Crippen molar-refractivity contribution in [3.63, 3.8) is 0 Å². The molecule has 2 aromatic rings. The van der Waals surface area contributed by atoms with Crippen molar-refractivity contribution in [3.8, 4) is 11.5 Å². The van der Waals surface area contributed by atoms with E-state index in [0.717, 1.165) is 0 Å². The Bertz CT molecular complexity index is 640. The summed E-state index contributed by atoms with van der Waals surface area (Å²) in [7, 11) is 0. The van der Waals surface area contributed by atoms with E-state index < -0.39 is 18.6 Å². The normalized spacial score (nSPS) is 10.3. The molecule has 6 nitrogen and oxygen atoms in total. The maximum atomic E-state index is 12.9. The number of aliphatic carboxylic acids is 1. The standard InChI is InChI=1S/C14H13FN2O4/c15-8-10-12(13(20)16-7-6-11(18)19)17-14(21-10)9-4-2-1-3-5-9/h1-5H,6-8H2,(H,16,20)(H,18,19). The van der Waals surface area contributed by atoms with Gasteiger partial charge in [0.15, 0.2) is 11.5 Å². The second kappa shape index (κ2) is 6.65. The third kappa shape index (κ3) is 3.65. The highest BCUT2D eigenvalue weighted by Crippen LogP contribution is 2.22. The third-order valence-electron chi connectivity index (χ3n) is 2.68. The fourth-order valence-electron chi connectivity index (χ4n) is 1.69. The molecule has 1 heterocycles. The molecule has 0 saturated carbocycles. The van der Waals surface area contributed by atoms with Gasteiger partial charge in [-0.05, 0) is 12.1 Å². The molecular formula is C14H13FN2O4. The number of alkyl halides is 1. The maximum absolute atomic E-state index is 12.9. The quantitative estimate of drug-likeness (QED) is 0.849. The highest BCUT2D eigenvalue weighted by Gasteiger charge is 2.20. The van der Waals surface area contributed by atoms with Gasteiger partial charge in [-0.1, -0.05) is 18.2 Å². The predicted molar refractivity (Wildman–Crippen MR) is 71.3 cm³/mol. The fourth-order valence-corrected chi connectivity index (χ4v) is 1.69.